The third kappa shape index (κ3) is 6.22. The molecule has 0 radical (unpaired) electrons. The van der Waals surface area contributed by atoms with Crippen LogP contribution in [0.15, 0.2) is 59.5 Å². The summed E-state index contributed by atoms with van der Waals surface area (Å²) in [5.41, 5.74) is 2.00. The molecule has 3 amide bonds. The molecule has 3 aromatic rings. The van der Waals surface area contributed by atoms with Crippen LogP contribution in [0.3, 0.4) is 0 Å². The first-order chi connectivity index (χ1) is 18.7. The maximum absolute atomic E-state index is 13.9. The fourth-order valence-corrected chi connectivity index (χ4v) is 4.94. The molecule has 0 spiro atoms. The Morgan fingerprint density at radius 2 is 1.72 bits per heavy atom. The van der Waals surface area contributed by atoms with Crippen LogP contribution in [0.2, 0.25) is 0 Å². The highest BCUT2D eigenvalue weighted by Crippen LogP contribution is 2.27. The number of amides is 3. The molecule has 10 heteroatoms. The van der Waals surface area contributed by atoms with Crippen LogP contribution in [-0.2, 0) is 4.74 Å². The highest BCUT2D eigenvalue weighted by atomic mass is 32.2. The Labute approximate surface area is 233 Å². The average Bonchev–Trinajstić information content (AvgIpc) is 2.96. The molecule has 0 bridgehead atoms. The summed E-state index contributed by atoms with van der Waals surface area (Å²) in [5, 5.41) is 2.94. The molecule has 1 aliphatic heterocycles. The third-order valence-corrected chi connectivity index (χ3v) is 7.37. The number of carbonyl (C=O) groups is 3. The monoisotopic (exact) mass is 547 g/mol. The number of rotatable bonds is 6. The number of carbonyl (C=O) groups excluding carboxylic acids is 3. The number of methoxy groups -OCH3 is 1. The van der Waals surface area contributed by atoms with Crippen LogP contribution in [0.5, 0.6) is 0 Å². The molecule has 204 valence electrons. The molecule has 39 heavy (non-hydrogen) atoms. The van der Waals surface area contributed by atoms with Crippen molar-refractivity contribution in [3.8, 4) is 11.4 Å². The quantitative estimate of drug-likeness (QED) is 0.336. The van der Waals surface area contributed by atoms with E-state index in [1.165, 1.54) is 7.11 Å². The number of aromatic nitrogens is 2. The van der Waals surface area contributed by atoms with Crippen molar-refractivity contribution in [1.82, 2.24) is 19.8 Å². The Kier molecular flexibility index (Phi) is 8.86. The minimum Gasteiger partial charge on any atom is -0.465 e. The number of nitrogens with one attached hydrogen (secondary N) is 1. The van der Waals surface area contributed by atoms with E-state index >= 15 is 0 Å². The van der Waals surface area contributed by atoms with Crippen LogP contribution in [-0.4, -0.2) is 76.7 Å². The summed E-state index contributed by atoms with van der Waals surface area (Å²) in [7, 11) is 1.28. The summed E-state index contributed by atoms with van der Waals surface area (Å²) < 4.78 is 5.04. The van der Waals surface area contributed by atoms with E-state index in [2.05, 4.69) is 15.3 Å². The number of anilines is 1. The van der Waals surface area contributed by atoms with E-state index in [0.29, 0.717) is 36.8 Å². The van der Waals surface area contributed by atoms with Gasteiger partial charge in [0.2, 0.25) is 0 Å². The highest BCUT2D eigenvalue weighted by Gasteiger charge is 2.35. The summed E-state index contributed by atoms with van der Waals surface area (Å²) in [6.45, 7) is 6.64. The molecule has 1 saturated heterocycles. The number of hydrogen-bond acceptors (Lipinski definition) is 7. The summed E-state index contributed by atoms with van der Waals surface area (Å²) >= 11 is 1.63. The van der Waals surface area contributed by atoms with E-state index < -0.39 is 11.9 Å². The minimum atomic E-state index is -0.653. The third-order valence-electron chi connectivity index (χ3n) is 6.62. The number of piperazine rings is 1. The lowest BCUT2D eigenvalue weighted by atomic mass is 10.00. The van der Waals surface area contributed by atoms with Gasteiger partial charge in [0, 0.05) is 41.8 Å². The van der Waals surface area contributed by atoms with Crippen molar-refractivity contribution in [1.29, 1.82) is 0 Å². The van der Waals surface area contributed by atoms with Crippen molar-refractivity contribution in [3.05, 3.63) is 71.5 Å². The van der Waals surface area contributed by atoms with E-state index in [4.69, 9.17) is 4.74 Å². The van der Waals surface area contributed by atoms with Gasteiger partial charge in [-0.25, -0.2) is 19.6 Å². The van der Waals surface area contributed by atoms with Crippen molar-refractivity contribution in [2.45, 2.75) is 37.6 Å². The Morgan fingerprint density at radius 1 is 1.03 bits per heavy atom. The number of nitrogens with zero attached hydrogens (tertiary/aromatic N) is 4. The van der Waals surface area contributed by atoms with Gasteiger partial charge < -0.3 is 19.9 Å². The second-order valence-corrected chi connectivity index (χ2v) is 10.5. The summed E-state index contributed by atoms with van der Waals surface area (Å²) in [6, 6.07) is 16.5. The number of esters is 1. The Morgan fingerprint density at radius 3 is 2.31 bits per heavy atom. The van der Waals surface area contributed by atoms with Crippen LogP contribution in [0, 0.1) is 0 Å². The van der Waals surface area contributed by atoms with Crippen molar-refractivity contribution in [2.75, 3.05) is 38.3 Å². The first kappa shape index (κ1) is 28.1. The molecule has 1 fully saturated rings. The SMILES string of the molecule is COC(=O)c1c(C(=O)N2CCN(C(=O)Nc3ccc(SC)cc3)C(C)C2)nc(-c2ccccc2)nc1C(C)C. The van der Waals surface area contributed by atoms with E-state index in [-0.39, 0.29) is 29.2 Å². The summed E-state index contributed by atoms with van der Waals surface area (Å²) in [6.07, 6.45) is 2.00. The normalized spacial score (nSPS) is 15.3. The van der Waals surface area contributed by atoms with Gasteiger partial charge in [-0.05, 0) is 43.4 Å². The number of thioether (sulfide) groups is 1. The molecule has 0 saturated carbocycles. The van der Waals surface area contributed by atoms with Crippen LogP contribution in [0.25, 0.3) is 11.4 Å². The molecule has 1 atom stereocenters. The van der Waals surface area contributed by atoms with Crippen molar-refractivity contribution in [2.24, 2.45) is 0 Å². The van der Waals surface area contributed by atoms with Gasteiger partial charge in [-0.15, -0.1) is 11.8 Å². The summed E-state index contributed by atoms with van der Waals surface area (Å²) in [5.74, 6) is -0.828. The van der Waals surface area contributed by atoms with Gasteiger partial charge in [0.25, 0.3) is 5.91 Å². The molecule has 4 rings (SSSR count). The lowest BCUT2D eigenvalue weighted by molar-refractivity contribution is 0.0550. The van der Waals surface area contributed by atoms with Crippen LogP contribution in [0.4, 0.5) is 10.5 Å². The average molecular weight is 548 g/mol. The first-order valence-electron chi connectivity index (χ1n) is 12.8. The zero-order valence-corrected chi connectivity index (χ0v) is 23.6. The topological polar surface area (TPSA) is 105 Å². The maximum atomic E-state index is 13.9. The van der Waals surface area contributed by atoms with E-state index in [9.17, 15) is 14.4 Å². The van der Waals surface area contributed by atoms with Gasteiger partial charge in [0.05, 0.1) is 12.8 Å². The molecule has 0 aliphatic carbocycles. The van der Waals surface area contributed by atoms with Gasteiger partial charge in [-0.3, -0.25) is 4.79 Å². The number of urea groups is 1. The smallest absolute Gasteiger partial charge is 0.342 e. The molecule has 1 N–H and O–H groups in total. The van der Waals surface area contributed by atoms with Crippen molar-refractivity contribution in [3.63, 3.8) is 0 Å². The van der Waals surface area contributed by atoms with Gasteiger partial charge >= 0.3 is 12.0 Å². The summed E-state index contributed by atoms with van der Waals surface area (Å²) in [4.78, 5) is 53.5. The second kappa shape index (κ2) is 12.3. The van der Waals surface area contributed by atoms with Gasteiger partial charge in [0.15, 0.2) is 5.82 Å². The fourth-order valence-electron chi connectivity index (χ4n) is 4.53. The molecule has 1 unspecified atom stereocenters. The van der Waals surface area contributed by atoms with Crippen LogP contribution >= 0.6 is 11.8 Å². The molecule has 9 nitrogen and oxygen atoms in total. The standard InChI is InChI=1S/C29H33N5O4S/c1-18(2)24-23(28(36)38-4)25(32-26(31-24)20-9-7-6-8-10-20)27(35)33-15-16-34(19(3)17-33)29(37)30-21-11-13-22(39-5)14-12-21/h6-14,18-19H,15-17H2,1-5H3,(H,30,37). The van der Waals surface area contributed by atoms with Crippen LogP contribution < -0.4 is 5.32 Å². The largest absolute Gasteiger partial charge is 0.465 e. The molecular weight excluding hydrogens is 514 g/mol. The van der Waals surface area contributed by atoms with E-state index in [1.54, 1.807) is 21.6 Å². The molecule has 1 aliphatic rings. The zero-order valence-electron chi connectivity index (χ0n) is 22.8. The number of benzene rings is 2. The Hall–Kier alpha value is -3.92. The maximum Gasteiger partial charge on any atom is 0.342 e. The second-order valence-electron chi connectivity index (χ2n) is 9.62. The first-order valence-corrected chi connectivity index (χ1v) is 14.0. The molecule has 2 heterocycles. The molecular formula is C29H33N5O4S. The van der Waals surface area contributed by atoms with E-state index in [1.807, 2.05) is 81.6 Å². The highest BCUT2D eigenvalue weighted by molar-refractivity contribution is 7.98. The van der Waals surface area contributed by atoms with E-state index in [0.717, 1.165) is 10.5 Å². The van der Waals surface area contributed by atoms with Gasteiger partial charge in [0.1, 0.15) is 11.3 Å². The predicted octanol–water partition coefficient (Wildman–Crippen LogP) is 5.15. The predicted molar refractivity (Wildman–Crippen MR) is 152 cm³/mol. The Bertz CT molecular complexity index is 1350. The lowest BCUT2D eigenvalue weighted by Crippen LogP contribution is -2.56. The van der Waals surface area contributed by atoms with Gasteiger partial charge in [-0.2, -0.15) is 0 Å². The number of ether oxygens (including phenoxy) is 1. The Balaban J connectivity index is 1.59. The molecule has 1 aromatic heterocycles. The fraction of sp³-hybridized carbons (Fsp3) is 0.345. The van der Waals surface area contributed by atoms with Gasteiger partial charge in [-0.1, -0.05) is 44.2 Å². The molecule has 2 aromatic carbocycles. The number of hydrogen-bond donors (Lipinski definition) is 1. The zero-order chi connectivity index (χ0) is 28.1. The van der Waals surface area contributed by atoms with Crippen molar-refractivity contribution < 1.29 is 19.1 Å². The van der Waals surface area contributed by atoms with Crippen molar-refractivity contribution >= 4 is 35.4 Å². The minimum absolute atomic E-state index is 0.0124. The van der Waals surface area contributed by atoms with Crippen LogP contribution in [0.1, 0.15) is 53.2 Å². The lowest BCUT2D eigenvalue weighted by Gasteiger charge is -2.39.